The van der Waals surface area contributed by atoms with E-state index in [1.54, 1.807) is 53.7 Å². The van der Waals surface area contributed by atoms with E-state index in [2.05, 4.69) is 58.9 Å². The molecule has 0 fully saturated rings. The van der Waals surface area contributed by atoms with Crippen molar-refractivity contribution in [1.82, 2.24) is 10.6 Å². The van der Waals surface area contributed by atoms with Crippen LogP contribution in [0.15, 0.2) is 102 Å². The van der Waals surface area contributed by atoms with Crippen molar-refractivity contribution in [2.45, 2.75) is 85.4 Å². The zero-order valence-corrected chi connectivity index (χ0v) is 32.6. The number of nitrogens with one attached hydrogen (secondary N) is 2. The summed E-state index contributed by atoms with van der Waals surface area (Å²) in [4.78, 5) is 55.5. The fourth-order valence-corrected chi connectivity index (χ4v) is 5.66. The summed E-state index contributed by atoms with van der Waals surface area (Å²) in [5.74, 6) is -0.477. The van der Waals surface area contributed by atoms with Crippen LogP contribution in [-0.2, 0) is 33.5 Å². The van der Waals surface area contributed by atoms with Crippen LogP contribution in [0.4, 0.5) is 15.3 Å². The molecule has 0 aliphatic carbocycles. The van der Waals surface area contributed by atoms with Gasteiger partial charge in [-0.15, -0.1) is 0 Å². The Labute approximate surface area is 322 Å². The summed E-state index contributed by atoms with van der Waals surface area (Å²) in [6.45, 7) is 12.2. The van der Waals surface area contributed by atoms with Gasteiger partial charge in [0.05, 0.1) is 11.3 Å². The minimum absolute atomic E-state index is 0.0724. The van der Waals surface area contributed by atoms with Crippen molar-refractivity contribution >= 4 is 47.2 Å². The Bertz CT molecular complexity index is 1910. The molecule has 284 valence electrons. The van der Waals surface area contributed by atoms with Gasteiger partial charge in [-0.3, -0.25) is 15.4 Å². The zero-order chi connectivity index (χ0) is 39.5. The number of esters is 1. The number of benzene rings is 4. The van der Waals surface area contributed by atoms with Crippen LogP contribution in [0.5, 0.6) is 5.75 Å². The molecular formula is C43H48ClN3O7. The molecule has 0 bridgehead atoms. The number of hydrogen-bond donors (Lipinski definition) is 2. The molecule has 0 aliphatic heterocycles. The van der Waals surface area contributed by atoms with Gasteiger partial charge in [-0.05, 0) is 120 Å². The molecule has 0 unspecified atom stereocenters. The van der Waals surface area contributed by atoms with E-state index in [1.165, 1.54) is 47.0 Å². The quantitative estimate of drug-likeness (QED) is 0.0675. The van der Waals surface area contributed by atoms with Gasteiger partial charge in [-0.2, -0.15) is 0 Å². The molecule has 2 amide bonds. The van der Waals surface area contributed by atoms with Gasteiger partial charge in [-0.25, -0.2) is 19.4 Å². The Morgan fingerprint density at radius 3 is 1.81 bits per heavy atom. The van der Waals surface area contributed by atoms with Crippen molar-refractivity contribution < 1.29 is 33.4 Å². The number of rotatable bonds is 11. The van der Waals surface area contributed by atoms with Crippen LogP contribution in [0.25, 0.3) is 0 Å². The first-order chi connectivity index (χ1) is 25.4. The molecule has 0 aliphatic rings. The molecule has 0 saturated carbocycles. The number of nitrogens with zero attached hydrogens (tertiary/aromatic N) is 1. The molecule has 0 spiro atoms. The molecule has 4 aromatic rings. The molecule has 11 heteroatoms. The molecule has 4 aromatic carbocycles. The van der Waals surface area contributed by atoms with Crippen LogP contribution in [0.1, 0.15) is 80.6 Å². The smallest absolute Gasteiger partial charge is 0.414 e. The second-order valence-corrected chi connectivity index (χ2v) is 15.5. The van der Waals surface area contributed by atoms with Gasteiger partial charge in [-0.1, -0.05) is 77.8 Å². The number of hydrogen-bond acceptors (Lipinski definition) is 8. The van der Waals surface area contributed by atoms with Gasteiger partial charge >= 0.3 is 18.2 Å². The lowest BCUT2D eigenvalue weighted by atomic mass is 9.87. The lowest BCUT2D eigenvalue weighted by Crippen LogP contribution is -2.47. The summed E-state index contributed by atoms with van der Waals surface area (Å²) in [7, 11) is 0. The lowest BCUT2D eigenvalue weighted by Gasteiger charge is -2.22. The van der Waals surface area contributed by atoms with Gasteiger partial charge in [0.1, 0.15) is 22.7 Å². The molecule has 0 heterocycles. The maximum atomic E-state index is 13.4. The monoisotopic (exact) mass is 753 g/mol. The van der Waals surface area contributed by atoms with Gasteiger partial charge in [0, 0.05) is 17.9 Å². The van der Waals surface area contributed by atoms with Gasteiger partial charge in [0.25, 0.3) is 0 Å². The standard InChI is InChI=1S/C43H48ClN3O7/c1-28-13-15-30(16-14-28)24-31(23-29-11-9-8-10-12-29)25-35(48)26-33-19-22-36(27-37(33)44)52-38(49)32-17-20-34(21-18-32)45-39(46-40(50)53-42(2,3)4)47-41(51)54-43(5,6)7/h8-22,27,31H,23-26H2,1-7H3,(H2,45,46,47,50,51)/t31-/m1/s1. The average molecular weight is 754 g/mol. The topological polar surface area (TPSA) is 132 Å². The van der Waals surface area contributed by atoms with E-state index in [0.717, 1.165) is 12.8 Å². The first-order valence-corrected chi connectivity index (χ1v) is 18.1. The van der Waals surface area contributed by atoms with E-state index in [-0.39, 0.29) is 35.4 Å². The number of guanidine groups is 1. The van der Waals surface area contributed by atoms with E-state index in [1.807, 2.05) is 18.2 Å². The number of alkyl carbamates (subject to hydrolysis) is 2. The summed E-state index contributed by atoms with van der Waals surface area (Å²) < 4.78 is 16.1. The SMILES string of the molecule is Cc1ccc(C[C@H](CC(=O)Cc2ccc(OC(=O)c3ccc(N=C(NC(=O)OC(C)(C)C)NC(=O)OC(C)(C)C)cc3)cc2Cl)Cc2ccccc2)cc1. The predicted octanol–water partition coefficient (Wildman–Crippen LogP) is 9.51. The molecule has 54 heavy (non-hydrogen) atoms. The number of aliphatic imine (C=N–C) groups is 1. The van der Waals surface area contributed by atoms with Crippen LogP contribution in [0, 0.1) is 12.8 Å². The van der Waals surface area contributed by atoms with Crippen LogP contribution in [0.2, 0.25) is 5.02 Å². The summed E-state index contributed by atoms with van der Waals surface area (Å²) in [6.07, 6.45) is 0.440. The number of Topliss-reactive ketones (excluding diaryl/α,β-unsaturated/α-hetero) is 1. The van der Waals surface area contributed by atoms with Crippen molar-refractivity contribution in [1.29, 1.82) is 0 Å². The summed E-state index contributed by atoms with van der Waals surface area (Å²) >= 11 is 6.59. The summed E-state index contributed by atoms with van der Waals surface area (Å²) in [6, 6.07) is 29.4. The zero-order valence-electron chi connectivity index (χ0n) is 31.8. The maximum absolute atomic E-state index is 13.4. The molecule has 4 rings (SSSR count). The number of amides is 2. The third-order valence-corrected chi connectivity index (χ3v) is 8.09. The van der Waals surface area contributed by atoms with Crippen molar-refractivity contribution in [3.63, 3.8) is 0 Å². The third kappa shape index (κ3) is 14.5. The number of carbonyl (C=O) groups is 4. The average Bonchev–Trinajstić information content (AvgIpc) is 3.06. The van der Waals surface area contributed by atoms with Gasteiger partial charge in [0.2, 0.25) is 5.96 Å². The lowest BCUT2D eigenvalue weighted by molar-refractivity contribution is -0.119. The molecule has 1 atom stereocenters. The first kappa shape index (κ1) is 41.3. The fraction of sp³-hybridized carbons (Fsp3) is 0.326. The highest BCUT2D eigenvalue weighted by molar-refractivity contribution is 6.31. The van der Waals surface area contributed by atoms with E-state index >= 15 is 0 Å². The highest BCUT2D eigenvalue weighted by Crippen LogP contribution is 2.26. The Morgan fingerprint density at radius 1 is 0.722 bits per heavy atom. The Balaban J connectivity index is 1.39. The van der Waals surface area contributed by atoms with E-state index in [9.17, 15) is 19.2 Å². The predicted molar refractivity (Wildman–Crippen MR) is 211 cm³/mol. The highest BCUT2D eigenvalue weighted by Gasteiger charge is 2.22. The number of ketones is 1. The minimum atomic E-state index is -0.836. The fourth-order valence-electron chi connectivity index (χ4n) is 5.42. The van der Waals surface area contributed by atoms with Crippen LogP contribution in [0.3, 0.4) is 0 Å². The maximum Gasteiger partial charge on any atom is 0.414 e. The number of halogens is 1. The van der Waals surface area contributed by atoms with Crippen molar-refractivity contribution in [2.24, 2.45) is 10.9 Å². The van der Waals surface area contributed by atoms with Gasteiger partial charge < -0.3 is 14.2 Å². The van der Waals surface area contributed by atoms with Crippen molar-refractivity contribution in [2.75, 3.05) is 0 Å². The van der Waals surface area contributed by atoms with Crippen LogP contribution >= 0.6 is 11.6 Å². The Morgan fingerprint density at radius 2 is 1.28 bits per heavy atom. The molecule has 0 saturated heterocycles. The molecule has 0 aromatic heterocycles. The van der Waals surface area contributed by atoms with Crippen LogP contribution < -0.4 is 15.4 Å². The number of aryl methyl sites for hydroxylation is 1. The largest absolute Gasteiger partial charge is 0.444 e. The normalized spacial score (nSPS) is 11.9. The second kappa shape index (κ2) is 18.5. The molecule has 0 radical (unpaired) electrons. The third-order valence-electron chi connectivity index (χ3n) is 7.73. The Hall–Kier alpha value is -5.48. The Kier molecular flexibility index (Phi) is 14.2. The van der Waals surface area contributed by atoms with E-state index in [4.69, 9.17) is 25.8 Å². The summed E-state index contributed by atoms with van der Waals surface area (Å²) in [5.41, 5.74) is 3.14. The highest BCUT2D eigenvalue weighted by atomic mass is 35.5. The number of carbonyl (C=O) groups excluding carboxylic acids is 4. The van der Waals surface area contributed by atoms with Crippen molar-refractivity contribution in [3.05, 3.63) is 130 Å². The number of ether oxygens (including phenoxy) is 3. The van der Waals surface area contributed by atoms with Crippen LogP contribution in [-0.4, -0.2) is 41.1 Å². The van der Waals surface area contributed by atoms with Gasteiger partial charge in [0.15, 0.2) is 0 Å². The second-order valence-electron chi connectivity index (χ2n) is 15.1. The summed E-state index contributed by atoms with van der Waals surface area (Å²) in [5, 5.41) is 5.14. The first-order valence-electron chi connectivity index (χ1n) is 17.7. The van der Waals surface area contributed by atoms with E-state index < -0.39 is 29.4 Å². The minimum Gasteiger partial charge on any atom is -0.444 e. The molecule has 10 nitrogen and oxygen atoms in total. The van der Waals surface area contributed by atoms with Crippen molar-refractivity contribution in [3.8, 4) is 5.75 Å². The molecule has 2 N–H and O–H groups in total. The van der Waals surface area contributed by atoms with E-state index in [0.29, 0.717) is 22.7 Å². The molecular weight excluding hydrogens is 706 g/mol.